The number of nitrogens with one attached hydrogen (secondary N) is 1. The maximum absolute atomic E-state index is 12.5. The minimum Gasteiger partial charge on any atom is -0.343 e. The Morgan fingerprint density at radius 1 is 1.16 bits per heavy atom. The number of nitrogens with two attached hydrogens (primary N) is 1. The third-order valence-electron chi connectivity index (χ3n) is 4.22. The van der Waals surface area contributed by atoms with E-state index in [9.17, 15) is 9.59 Å². The van der Waals surface area contributed by atoms with Crippen LogP contribution >= 0.6 is 12.4 Å². The average Bonchev–Trinajstić information content (AvgIpc) is 2.86. The first kappa shape index (κ1) is 18.8. The Kier molecular flexibility index (Phi) is 5.66. The van der Waals surface area contributed by atoms with E-state index in [-0.39, 0.29) is 36.6 Å². The van der Waals surface area contributed by atoms with Crippen molar-refractivity contribution < 1.29 is 4.79 Å². The van der Waals surface area contributed by atoms with E-state index in [1.807, 2.05) is 42.5 Å². The lowest BCUT2D eigenvalue weighted by atomic mass is 10.0. The van der Waals surface area contributed by atoms with E-state index in [2.05, 4.69) is 5.32 Å². The Morgan fingerprint density at radius 3 is 2.44 bits per heavy atom. The number of hydrogen-bond acceptors (Lipinski definition) is 3. The van der Waals surface area contributed by atoms with Gasteiger partial charge in [-0.2, -0.15) is 0 Å². The molecule has 3 rings (SSSR count). The molecule has 2 aromatic carbocycles. The Labute approximate surface area is 151 Å². The van der Waals surface area contributed by atoms with E-state index in [0.29, 0.717) is 5.69 Å². The Hall–Kier alpha value is -2.57. The van der Waals surface area contributed by atoms with Crippen molar-refractivity contribution in [2.45, 2.75) is 6.04 Å². The van der Waals surface area contributed by atoms with Crippen LogP contribution in [-0.4, -0.2) is 21.6 Å². The average molecular weight is 361 g/mol. The second-order valence-corrected chi connectivity index (χ2v) is 5.84. The van der Waals surface area contributed by atoms with E-state index in [1.165, 1.54) is 15.3 Å². The van der Waals surface area contributed by atoms with Crippen molar-refractivity contribution in [2.75, 3.05) is 6.54 Å². The van der Waals surface area contributed by atoms with Crippen molar-refractivity contribution in [1.82, 2.24) is 14.5 Å². The Balaban J connectivity index is 0.00000225. The van der Waals surface area contributed by atoms with Gasteiger partial charge in [0.15, 0.2) is 0 Å². The first-order valence-corrected chi connectivity index (χ1v) is 7.73. The smallest absolute Gasteiger partial charge is 0.328 e. The van der Waals surface area contributed by atoms with Crippen LogP contribution in [0.3, 0.4) is 0 Å². The van der Waals surface area contributed by atoms with Gasteiger partial charge in [0.05, 0.1) is 6.04 Å². The second-order valence-electron chi connectivity index (χ2n) is 5.84. The van der Waals surface area contributed by atoms with Gasteiger partial charge in [-0.3, -0.25) is 9.36 Å². The van der Waals surface area contributed by atoms with Crippen LogP contribution in [0.4, 0.5) is 0 Å². The number of carbonyl (C=O) groups excluding carboxylic acids is 1. The fraction of sp³-hybridized carbons (Fsp3) is 0.222. The lowest BCUT2D eigenvalue weighted by molar-refractivity contribution is 0.0929. The van der Waals surface area contributed by atoms with E-state index < -0.39 is 0 Å². The molecule has 0 bridgehead atoms. The minimum absolute atomic E-state index is 0. The number of aromatic nitrogens is 2. The standard InChI is InChI=1S/C18H20N4O2.ClH/c1-21-11-16(22(2)18(21)24)17(23)20-15(10-19)14-8-7-12-5-3-4-6-13(12)9-14;/h3-9,11,15H,10,19H2,1-2H3,(H,20,23);1H. The van der Waals surface area contributed by atoms with Gasteiger partial charge >= 0.3 is 5.69 Å². The number of hydrogen-bond donors (Lipinski definition) is 2. The first-order chi connectivity index (χ1) is 11.5. The molecule has 0 fully saturated rings. The van der Waals surface area contributed by atoms with Gasteiger partial charge in [0.1, 0.15) is 5.69 Å². The largest absolute Gasteiger partial charge is 0.343 e. The van der Waals surface area contributed by atoms with Crippen LogP contribution < -0.4 is 16.7 Å². The van der Waals surface area contributed by atoms with Crippen molar-refractivity contribution in [3.05, 3.63) is 70.4 Å². The Bertz CT molecular complexity index is 961. The molecule has 1 amide bonds. The summed E-state index contributed by atoms with van der Waals surface area (Å²) in [5, 5.41) is 5.13. The molecule has 1 heterocycles. The monoisotopic (exact) mass is 360 g/mol. The summed E-state index contributed by atoms with van der Waals surface area (Å²) < 4.78 is 2.70. The molecular formula is C18H21ClN4O2. The highest BCUT2D eigenvalue weighted by atomic mass is 35.5. The van der Waals surface area contributed by atoms with Crippen molar-refractivity contribution in [3.8, 4) is 0 Å². The maximum atomic E-state index is 12.5. The topological polar surface area (TPSA) is 82.0 Å². The van der Waals surface area contributed by atoms with Gasteiger partial charge in [-0.1, -0.05) is 36.4 Å². The molecule has 25 heavy (non-hydrogen) atoms. The highest BCUT2D eigenvalue weighted by Crippen LogP contribution is 2.20. The summed E-state index contributed by atoms with van der Waals surface area (Å²) in [6.45, 7) is 0.269. The zero-order valence-corrected chi connectivity index (χ0v) is 14.9. The van der Waals surface area contributed by atoms with Crippen LogP contribution in [-0.2, 0) is 14.1 Å². The minimum atomic E-state index is -0.322. The van der Waals surface area contributed by atoms with Gasteiger partial charge in [0.25, 0.3) is 5.91 Å². The molecule has 0 spiro atoms. The summed E-state index contributed by atoms with van der Waals surface area (Å²) in [7, 11) is 3.19. The number of imidazole rings is 1. The molecule has 7 heteroatoms. The molecule has 1 unspecified atom stereocenters. The van der Waals surface area contributed by atoms with Gasteiger partial charge in [-0.25, -0.2) is 4.79 Å². The van der Waals surface area contributed by atoms with Crippen LogP contribution in [0.25, 0.3) is 10.8 Å². The molecule has 0 saturated carbocycles. The summed E-state index contributed by atoms with van der Waals surface area (Å²) in [6, 6.07) is 13.7. The molecule has 132 valence electrons. The van der Waals surface area contributed by atoms with Gasteiger partial charge in [0.2, 0.25) is 0 Å². The number of aryl methyl sites for hydroxylation is 1. The van der Waals surface area contributed by atoms with Crippen LogP contribution in [0.1, 0.15) is 22.1 Å². The van der Waals surface area contributed by atoms with Gasteiger partial charge in [-0.15, -0.1) is 12.4 Å². The third-order valence-corrected chi connectivity index (χ3v) is 4.22. The zero-order valence-electron chi connectivity index (χ0n) is 14.1. The number of nitrogens with zero attached hydrogens (tertiary/aromatic N) is 2. The number of amides is 1. The lowest BCUT2D eigenvalue weighted by Gasteiger charge is -2.18. The second kappa shape index (κ2) is 7.55. The van der Waals surface area contributed by atoms with Gasteiger partial charge < -0.3 is 15.6 Å². The number of rotatable bonds is 4. The molecule has 0 saturated heterocycles. The predicted molar refractivity (Wildman–Crippen MR) is 101 cm³/mol. The van der Waals surface area contributed by atoms with E-state index >= 15 is 0 Å². The SMILES string of the molecule is Cl.Cn1cc(C(=O)NC(CN)c2ccc3ccccc3c2)n(C)c1=O. The van der Waals surface area contributed by atoms with Crippen molar-refractivity contribution in [3.63, 3.8) is 0 Å². The van der Waals surface area contributed by atoms with Crippen LogP contribution in [0.15, 0.2) is 53.5 Å². The molecule has 1 aromatic heterocycles. The first-order valence-electron chi connectivity index (χ1n) is 7.73. The van der Waals surface area contributed by atoms with Crippen molar-refractivity contribution in [1.29, 1.82) is 0 Å². The summed E-state index contributed by atoms with van der Waals surface area (Å²) in [5.74, 6) is -0.321. The van der Waals surface area contributed by atoms with Gasteiger partial charge in [-0.05, 0) is 22.4 Å². The predicted octanol–water partition coefficient (Wildman–Crippen LogP) is 1.73. The third kappa shape index (κ3) is 3.60. The molecular weight excluding hydrogens is 340 g/mol. The summed E-state index contributed by atoms with van der Waals surface area (Å²) in [6.07, 6.45) is 1.52. The zero-order chi connectivity index (χ0) is 17.3. The highest BCUT2D eigenvalue weighted by Gasteiger charge is 2.18. The molecule has 6 nitrogen and oxygen atoms in total. The molecule has 0 radical (unpaired) electrons. The molecule has 3 N–H and O–H groups in total. The number of halogens is 1. The van der Waals surface area contributed by atoms with Crippen LogP contribution in [0.5, 0.6) is 0 Å². The van der Waals surface area contributed by atoms with Gasteiger partial charge in [0, 0.05) is 26.8 Å². The summed E-state index contributed by atoms with van der Waals surface area (Å²) in [5.41, 5.74) is 6.86. The number of fused-ring (bicyclic) bond motifs is 1. The van der Waals surface area contributed by atoms with Crippen LogP contribution in [0.2, 0.25) is 0 Å². The maximum Gasteiger partial charge on any atom is 0.328 e. The normalized spacial score (nSPS) is 11.8. The molecule has 1 atom stereocenters. The molecule has 3 aromatic rings. The fourth-order valence-corrected chi connectivity index (χ4v) is 2.81. The van der Waals surface area contributed by atoms with E-state index in [1.54, 1.807) is 14.1 Å². The molecule has 0 aliphatic heterocycles. The number of carbonyl (C=O) groups is 1. The number of benzene rings is 2. The Morgan fingerprint density at radius 2 is 1.84 bits per heavy atom. The van der Waals surface area contributed by atoms with Crippen molar-refractivity contribution >= 4 is 29.1 Å². The quantitative estimate of drug-likeness (QED) is 0.743. The lowest BCUT2D eigenvalue weighted by Crippen LogP contribution is -2.35. The highest BCUT2D eigenvalue weighted by molar-refractivity contribution is 5.93. The molecule has 0 aliphatic rings. The van der Waals surface area contributed by atoms with Crippen LogP contribution in [0, 0.1) is 0 Å². The molecule has 0 aliphatic carbocycles. The fourth-order valence-electron chi connectivity index (χ4n) is 2.81. The summed E-state index contributed by atoms with van der Waals surface area (Å²) in [4.78, 5) is 24.3. The van der Waals surface area contributed by atoms with Crippen molar-refractivity contribution in [2.24, 2.45) is 19.8 Å². The van der Waals surface area contributed by atoms with E-state index in [4.69, 9.17) is 5.73 Å². The summed E-state index contributed by atoms with van der Waals surface area (Å²) >= 11 is 0. The van der Waals surface area contributed by atoms with E-state index in [0.717, 1.165) is 16.3 Å².